The molecule has 1 N–H and O–H groups in total. The summed E-state index contributed by atoms with van der Waals surface area (Å²) in [5.74, 6) is -0.0908. The fourth-order valence-electron chi connectivity index (χ4n) is 2.05. The summed E-state index contributed by atoms with van der Waals surface area (Å²) in [5, 5.41) is 9.83. The van der Waals surface area contributed by atoms with Gasteiger partial charge in [-0.15, -0.1) is 0 Å². The van der Waals surface area contributed by atoms with E-state index in [-0.39, 0.29) is 23.9 Å². The molecule has 0 aromatic heterocycles. The smallest absolute Gasteiger partial charge is 0.338 e. The van der Waals surface area contributed by atoms with Crippen molar-refractivity contribution >= 4 is 5.97 Å². The number of epoxide rings is 1. The van der Waals surface area contributed by atoms with Gasteiger partial charge in [0.1, 0.15) is 12.4 Å². The van der Waals surface area contributed by atoms with Crippen molar-refractivity contribution in [2.45, 2.75) is 25.6 Å². The predicted molar refractivity (Wildman–Crippen MR) is 55.3 cm³/mol. The zero-order valence-electron chi connectivity index (χ0n) is 8.95. The van der Waals surface area contributed by atoms with Crippen LogP contribution in [0.3, 0.4) is 0 Å². The van der Waals surface area contributed by atoms with Crippen LogP contribution in [0.15, 0.2) is 12.1 Å². The van der Waals surface area contributed by atoms with E-state index in [9.17, 15) is 9.90 Å². The number of carbonyl (C=O) groups is 1. The highest BCUT2D eigenvalue weighted by molar-refractivity contribution is 5.94. The second kappa shape index (κ2) is 2.98. The molecule has 0 amide bonds. The molecule has 0 radical (unpaired) electrons. The van der Waals surface area contributed by atoms with Crippen molar-refractivity contribution in [3.8, 4) is 5.75 Å². The van der Waals surface area contributed by atoms with Crippen molar-refractivity contribution in [3.05, 3.63) is 28.8 Å². The largest absolute Gasteiger partial charge is 0.508 e. The highest BCUT2D eigenvalue weighted by atomic mass is 16.6. The lowest BCUT2D eigenvalue weighted by Crippen LogP contribution is -2.11. The zero-order chi connectivity index (χ0) is 11.3. The van der Waals surface area contributed by atoms with Gasteiger partial charge >= 0.3 is 5.97 Å². The van der Waals surface area contributed by atoms with E-state index >= 15 is 0 Å². The van der Waals surface area contributed by atoms with Crippen LogP contribution < -0.4 is 0 Å². The summed E-state index contributed by atoms with van der Waals surface area (Å²) in [6, 6.07) is 3.16. The molecule has 0 spiro atoms. The Bertz CT molecular complexity index is 474. The molecule has 3 rings (SSSR count). The monoisotopic (exact) mass is 220 g/mol. The van der Waals surface area contributed by atoms with Gasteiger partial charge < -0.3 is 14.6 Å². The number of benzene rings is 1. The van der Waals surface area contributed by atoms with Gasteiger partial charge in [0.2, 0.25) is 0 Å². The lowest BCUT2D eigenvalue weighted by Gasteiger charge is -2.10. The number of fused-ring (bicyclic) bond motifs is 1. The van der Waals surface area contributed by atoms with Crippen molar-refractivity contribution < 1.29 is 19.4 Å². The van der Waals surface area contributed by atoms with E-state index in [1.807, 2.05) is 6.92 Å². The van der Waals surface area contributed by atoms with E-state index in [4.69, 9.17) is 9.47 Å². The molecule has 2 aliphatic heterocycles. The summed E-state index contributed by atoms with van der Waals surface area (Å²) in [7, 11) is 0. The molecule has 0 aliphatic carbocycles. The molecule has 1 aromatic carbocycles. The van der Waals surface area contributed by atoms with Crippen LogP contribution in [0.25, 0.3) is 0 Å². The maximum Gasteiger partial charge on any atom is 0.338 e. The van der Waals surface area contributed by atoms with E-state index in [2.05, 4.69) is 0 Å². The Morgan fingerprint density at radius 3 is 2.94 bits per heavy atom. The van der Waals surface area contributed by atoms with Gasteiger partial charge in [-0.3, -0.25) is 0 Å². The van der Waals surface area contributed by atoms with Crippen LogP contribution in [0.1, 0.15) is 28.4 Å². The Morgan fingerprint density at radius 1 is 1.50 bits per heavy atom. The average Bonchev–Trinajstić information content (AvgIpc) is 2.85. The third-order valence-corrected chi connectivity index (χ3v) is 3.16. The van der Waals surface area contributed by atoms with Crippen LogP contribution >= 0.6 is 0 Å². The molecule has 4 nitrogen and oxygen atoms in total. The van der Waals surface area contributed by atoms with Crippen LogP contribution in [0.2, 0.25) is 0 Å². The lowest BCUT2D eigenvalue weighted by atomic mass is 9.94. The van der Waals surface area contributed by atoms with Crippen molar-refractivity contribution in [1.82, 2.24) is 0 Å². The Kier molecular flexibility index (Phi) is 1.80. The number of rotatable bonds is 2. The minimum absolute atomic E-state index is 0.182. The molecule has 84 valence electrons. The van der Waals surface area contributed by atoms with E-state index in [1.54, 1.807) is 12.1 Å². The summed E-state index contributed by atoms with van der Waals surface area (Å²) in [6.45, 7) is 2.95. The van der Waals surface area contributed by atoms with Crippen molar-refractivity contribution in [1.29, 1.82) is 0 Å². The van der Waals surface area contributed by atoms with E-state index in [0.29, 0.717) is 18.6 Å². The highest BCUT2D eigenvalue weighted by Crippen LogP contribution is 2.37. The van der Waals surface area contributed by atoms with E-state index < -0.39 is 0 Å². The fraction of sp³-hybridized carbons (Fsp3) is 0.417. The number of ether oxygens (including phenoxy) is 2. The first-order valence-electron chi connectivity index (χ1n) is 5.24. The Balaban J connectivity index is 2.06. The molecule has 2 heterocycles. The Hall–Kier alpha value is -1.55. The van der Waals surface area contributed by atoms with E-state index in [1.165, 1.54) is 0 Å². The number of hydrogen-bond donors (Lipinski definition) is 1. The molecule has 4 heteroatoms. The van der Waals surface area contributed by atoms with E-state index in [0.717, 1.165) is 11.1 Å². The lowest BCUT2D eigenvalue weighted by molar-refractivity contribution is 0.0534. The number of cyclic esters (lactones) is 1. The molecule has 1 aromatic rings. The Labute approximate surface area is 92.8 Å². The fourth-order valence-corrected chi connectivity index (χ4v) is 2.05. The van der Waals surface area contributed by atoms with Gasteiger partial charge in [-0.05, 0) is 19.1 Å². The van der Waals surface area contributed by atoms with Crippen molar-refractivity contribution in [2.24, 2.45) is 0 Å². The zero-order valence-corrected chi connectivity index (χ0v) is 8.95. The predicted octanol–water partition coefficient (Wildman–Crippen LogP) is 1.39. The third-order valence-electron chi connectivity index (χ3n) is 3.16. The topological polar surface area (TPSA) is 59.1 Å². The first-order chi connectivity index (χ1) is 7.59. The molecule has 2 aliphatic rings. The number of hydrogen-bond acceptors (Lipinski definition) is 4. The molecular formula is C12H12O4. The van der Waals surface area contributed by atoms with Crippen LogP contribution in [0.5, 0.6) is 5.75 Å². The molecule has 1 unspecified atom stereocenters. The quantitative estimate of drug-likeness (QED) is 0.604. The van der Waals surface area contributed by atoms with Crippen LogP contribution in [-0.2, 0) is 22.5 Å². The third kappa shape index (κ3) is 1.38. The second-order valence-electron chi connectivity index (χ2n) is 4.58. The molecule has 0 bridgehead atoms. The first kappa shape index (κ1) is 9.66. The number of carbonyl (C=O) groups excluding carboxylic acids is 1. The standard InChI is InChI=1S/C12H12O4/c1-12(6-16-12)4-8-9-5-15-11(14)7(9)2-3-10(8)13/h2-3,13H,4-6H2,1H3. The number of esters is 1. The first-order valence-corrected chi connectivity index (χ1v) is 5.24. The normalized spacial score (nSPS) is 26.4. The van der Waals surface area contributed by atoms with Gasteiger partial charge in [-0.2, -0.15) is 0 Å². The van der Waals surface area contributed by atoms with Crippen molar-refractivity contribution in [3.63, 3.8) is 0 Å². The van der Waals surface area contributed by atoms with Crippen LogP contribution in [0, 0.1) is 0 Å². The minimum Gasteiger partial charge on any atom is -0.508 e. The SMILES string of the molecule is CC1(Cc2c(O)ccc3c2COC3=O)CO1. The van der Waals surface area contributed by atoms with Gasteiger partial charge in [0, 0.05) is 17.5 Å². The van der Waals surface area contributed by atoms with Crippen LogP contribution in [0.4, 0.5) is 0 Å². The van der Waals surface area contributed by atoms with Crippen LogP contribution in [-0.4, -0.2) is 23.3 Å². The number of aromatic hydroxyl groups is 1. The molecular weight excluding hydrogens is 208 g/mol. The molecule has 16 heavy (non-hydrogen) atoms. The minimum atomic E-state index is -0.307. The van der Waals surface area contributed by atoms with Gasteiger partial charge in [0.05, 0.1) is 17.8 Å². The van der Waals surface area contributed by atoms with Gasteiger partial charge in [-0.25, -0.2) is 4.79 Å². The van der Waals surface area contributed by atoms with Gasteiger partial charge in [0.25, 0.3) is 0 Å². The summed E-state index contributed by atoms with van der Waals surface area (Å²) < 4.78 is 10.3. The highest BCUT2D eigenvalue weighted by Gasteiger charge is 2.41. The molecule has 0 saturated carbocycles. The summed E-state index contributed by atoms with van der Waals surface area (Å²) in [4.78, 5) is 11.4. The number of phenolic OH excluding ortho intramolecular Hbond substituents is 1. The number of phenols is 1. The molecule has 1 fully saturated rings. The van der Waals surface area contributed by atoms with Crippen molar-refractivity contribution in [2.75, 3.05) is 6.61 Å². The van der Waals surface area contributed by atoms with Gasteiger partial charge in [-0.1, -0.05) is 0 Å². The average molecular weight is 220 g/mol. The second-order valence-corrected chi connectivity index (χ2v) is 4.58. The summed E-state index contributed by atoms with van der Waals surface area (Å²) in [6.07, 6.45) is 0.624. The maximum absolute atomic E-state index is 11.4. The summed E-state index contributed by atoms with van der Waals surface area (Å²) >= 11 is 0. The Morgan fingerprint density at radius 2 is 2.25 bits per heavy atom. The van der Waals surface area contributed by atoms with Gasteiger partial charge in [0.15, 0.2) is 0 Å². The maximum atomic E-state index is 11.4. The summed E-state index contributed by atoms with van der Waals surface area (Å²) in [5.41, 5.74) is 1.97. The molecule has 1 saturated heterocycles. The molecule has 1 atom stereocenters.